The molecule has 0 fully saturated rings. The second-order valence-electron chi connectivity index (χ2n) is 5.06. The summed E-state index contributed by atoms with van der Waals surface area (Å²) in [5.41, 5.74) is 2.33. The average molecular weight is 245 g/mol. The lowest BCUT2D eigenvalue weighted by Crippen LogP contribution is -2.39. The SMILES string of the molecule is CC(Nc1ccc(-c2cnc[nH]2)cc1)C(C)(C)O. The van der Waals surface area contributed by atoms with Gasteiger partial charge in [0.25, 0.3) is 0 Å². The van der Waals surface area contributed by atoms with Crippen LogP contribution in [0, 0.1) is 0 Å². The molecule has 0 amide bonds. The van der Waals surface area contributed by atoms with Crippen LogP contribution in [0.1, 0.15) is 20.8 Å². The molecule has 2 rings (SSSR count). The lowest BCUT2D eigenvalue weighted by molar-refractivity contribution is 0.0649. The van der Waals surface area contributed by atoms with Crippen LogP contribution in [0.15, 0.2) is 36.8 Å². The van der Waals surface area contributed by atoms with Crippen LogP contribution in [0.4, 0.5) is 5.69 Å². The Morgan fingerprint density at radius 2 is 1.94 bits per heavy atom. The van der Waals surface area contributed by atoms with E-state index in [1.165, 1.54) is 0 Å². The molecule has 0 aliphatic heterocycles. The van der Waals surface area contributed by atoms with Gasteiger partial charge >= 0.3 is 0 Å². The minimum atomic E-state index is -0.748. The van der Waals surface area contributed by atoms with Gasteiger partial charge in [0.2, 0.25) is 0 Å². The number of benzene rings is 1. The van der Waals surface area contributed by atoms with Gasteiger partial charge in [-0.15, -0.1) is 0 Å². The molecule has 18 heavy (non-hydrogen) atoms. The van der Waals surface area contributed by atoms with Crippen molar-refractivity contribution in [2.45, 2.75) is 32.4 Å². The van der Waals surface area contributed by atoms with Gasteiger partial charge in [-0.25, -0.2) is 4.98 Å². The number of hydrogen-bond acceptors (Lipinski definition) is 3. The first-order valence-corrected chi connectivity index (χ1v) is 6.04. The molecule has 1 atom stereocenters. The maximum atomic E-state index is 9.88. The normalized spacial score (nSPS) is 13.3. The Bertz CT molecular complexity index is 483. The summed E-state index contributed by atoms with van der Waals surface area (Å²) in [4.78, 5) is 7.06. The molecule has 1 heterocycles. The number of hydrogen-bond donors (Lipinski definition) is 3. The summed E-state index contributed by atoms with van der Waals surface area (Å²) in [6.45, 7) is 5.55. The minimum Gasteiger partial charge on any atom is -0.388 e. The van der Waals surface area contributed by atoms with Crippen LogP contribution in [-0.2, 0) is 0 Å². The smallest absolute Gasteiger partial charge is 0.0924 e. The Hall–Kier alpha value is -1.81. The fourth-order valence-corrected chi connectivity index (χ4v) is 1.59. The Balaban J connectivity index is 2.09. The Kier molecular flexibility index (Phi) is 3.39. The molecule has 0 radical (unpaired) electrons. The molecule has 2 aromatic rings. The topological polar surface area (TPSA) is 60.9 Å². The van der Waals surface area contributed by atoms with Crippen LogP contribution in [0.3, 0.4) is 0 Å². The second-order valence-corrected chi connectivity index (χ2v) is 5.06. The van der Waals surface area contributed by atoms with Gasteiger partial charge in [0.1, 0.15) is 0 Å². The fraction of sp³-hybridized carbons (Fsp3) is 0.357. The highest BCUT2D eigenvalue weighted by Gasteiger charge is 2.21. The molecule has 1 unspecified atom stereocenters. The molecular formula is C14H19N3O. The highest BCUT2D eigenvalue weighted by Crippen LogP contribution is 2.20. The molecule has 0 bridgehead atoms. The Morgan fingerprint density at radius 1 is 1.28 bits per heavy atom. The zero-order valence-electron chi connectivity index (χ0n) is 10.9. The summed E-state index contributed by atoms with van der Waals surface area (Å²) >= 11 is 0. The molecule has 1 aromatic heterocycles. The Labute approximate surface area is 107 Å². The van der Waals surface area contributed by atoms with Crippen molar-refractivity contribution in [3.63, 3.8) is 0 Å². The molecule has 96 valence electrons. The van der Waals surface area contributed by atoms with E-state index >= 15 is 0 Å². The predicted molar refractivity (Wildman–Crippen MR) is 73.4 cm³/mol. The van der Waals surface area contributed by atoms with Crippen molar-refractivity contribution in [3.8, 4) is 11.3 Å². The van der Waals surface area contributed by atoms with Crippen LogP contribution >= 0.6 is 0 Å². The number of rotatable bonds is 4. The van der Waals surface area contributed by atoms with Crippen LogP contribution in [-0.4, -0.2) is 26.7 Å². The number of aliphatic hydroxyl groups is 1. The van der Waals surface area contributed by atoms with Crippen molar-refractivity contribution in [2.24, 2.45) is 0 Å². The minimum absolute atomic E-state index is 0.0181. The fourth-order valence-electron chi connectivity index (χ4n) is 1.59. The number of anilines is 1. The highest BCUT2D eigenvalue weighted by atomic mass is 16.3. The van der Waals surface area contributed by atoms with E-state index in [9.17, 15) is 5.11 Å². The molecule has 4 heteroatoms. The van der Waals surface area contributed by atoms with Crippen molar-refractivity contribution in [3.05, 3.63) is 36.8 Å². The van der Waals surface area contributed by atoms with Gasteiger partial charge in [-0.1, -0.05) is 12.1 Å². The molecule has 1 aromatic carbocycles. The predicted octanol–water partition coefficient (Wildman–Crippen LogP) is 2.65. The van der Waals surface area contributed by atoms with Crippen LogP contribution in [0.2, 0.25) is 0 Å². The van der Waals surface area contributed by atoms with Gasteiger partial charge in [0, 0.05) is 5.69 Å². The number of nitrogens with one attached hydrogen (secondary N) is 2. The van der Waals surface area contributed by atoms with E-state index in [4.69, 9.17) is 0 Å². The van der Waals surface area contributed by atoms with Crippen LogP contribution in [0.5, 0.6) is 0 Å². The van der Waals surface area contributed by atoms with Gasteiger partial charge < -0.3 is 15.4 Å². The van der Waals surface area contributed by atoms with Crippen molar-refractivity contribution < 1.29 is 5.11 Å². The third-order valence-corrected chi connectivity index (χ3v) is 3.14. The summed E-state index contributed by atoms with van der Waals surface area (Å²) in [7, 11) is 0. The third kappa shape index (κ3) is 2.90. The van der Waals surface area contributed by atoms with E-state index in [-0.39, 0.29) is 6.04 Å². The average Bonchev–Trinajstić information content (AvgIpc) is 2.82. The molecule has 0 saturated heterocycles. The van der Waals surface area contributed by atoms with Crippen LogP contribution in [0.25, 0.3) is 11.3 Å². The van der Waals surface area contributed by atoms with E-state index in [1.807, 2.05) is 31.2 Å². The summed E-state index contributed by atoms with van der Waals surface area (Å²) in [5, 5.41) is 13.2. The van der Waals surface area contributed by atoms with Crippen molar-refractivity contribution in [1.82, 2.24) is 9.97 Å². The van der Waals surface area contributed by atoms with Crippen molar-refractivity contribution in [1.29, 1.82) is 0 Å². The lowest BCUT2D eigenvalue weighted by Gasteiger charge is -2.27. The highest BCUT2D eigenvalue weighted by molar-refractivity contribution is 5.62. The number of H-pyrrole nitrogens is 1. The summed E-state index contributed by atoms with van der Waals surface area (Å²) < 4.78 is 0. The molecular weight excluding hydrogens is 226 g/mol. The number of imidazole rings is 1. The second kappa shape index (κ2) is 4.82. The monoisotopic (exact) mass is 245 g/mol. The van der Waals surface area contributed by atoms with Gasteiger partial charge in [-0.2, -0.15) is 0 Å². The molecule has 3 N–H and O–H groups in total. The van der Waals surface area contributed by atoms with E-state index in [1.54, 1.807) is 26.4 Å². The van der Waals surface area contributed by atoms with Gasteiger partial charge in [-0.05, 0) is 38.5 Å². The van der Waals surface area contributed by atoms with E-state index in [0.29, 0.717) is 0 Å². The zero-order chi connectivity index (χ0) is 13.2. The van der Waals surface area contributed by atoms with Crippen LogP contribution < -0.4 is 5.32 Å². The number of nitrogens with zero attached hydrogens (tertiary/aromatic N) is 1. The maximum Gasteiger partial charge on any atom is 0.0924 e. The first-order chi connectivity index (χ1) is 8.47. The largest absolute Gasteiger partial charge is 0.388 e. The molecule has 0 aliphatic carbocycles. The van der Waals surface area contributed by atoms with E-state index < -0.39 is 5.60 Å². The number of aromatic amines is 1. The first kappa shape index (κ1) is 12.6. The van der Waals surface area contributed by atoms with Gasteiger partial charge in [0.05, 0.1) is 29.9 Å². The summed E-state index contributed by atoms with van der Waals surface area (Å²) in [6, 6.07) is 8.02. The standard InChI is InChI=1S/C14H19N3O/c1-10(14(2,3)18)17-12-6-4-11(5-7-12)13-8-15-9-16-13/h4-10,17-18H,1-3H3,(H,15,16). The molecule has 0 saturated carbocycles. The van der Waals surface area contributed by atoms with Gasteiger partial charge in [-0.3, -0.25) is 0 Å². The quantitative estimate of drug-likeness (QED) is 0.776. The summed E-state index contributed by atoms with van der Waals surface area (Å²) in [5.74, 6) is 0. The Morgan fingerprint density at radius 3 is 2.44 bits per heavy atom. The maximum absolute atomic E-state index is 9.88. The van der Waals surface area contributed by atoms with Crippen molar-refractivity contribution >= 4 is 5.69 Å². The van der Waals surface area contributed by atoms with E-state index in [0.717, 1.165) is 16.9 Å². The van der Waals surface area contributed by atoms with E-state index in [2.05, 4.69) is 15.3 Å². The van der Waals surface area contributed by atoms with Crippen molar-refractivity contribution in [2.75, 3.05) is 5.32 Å². The molecule has 4 nitrogen and oxygen atoms in total. The third-order valence-electron chi connectivity index (χ3n) is 3.14. The molecule has 0 spiro atoms. The lowest BCUT2D eigenvalue weighted by atomic mass is 10.0. The number of aromatic nitrogens is 2. The molecule has 0 aliphatic rings. The zero-order valence-corrected chi connectivity index (χ0v) is 10.9. The van der Waals surface area contributed by atoms with Gasteiger partial charge in [0.15, 0.2) is 0 Å². The first-order valence-electron chi connectivity index (χ1n) is 6.04. The summed E-state index contributed by atoms with van der Waals surface area (Å²) in [6.07, 6.45) is 3.46.